The molecule has 2 aromatic rings. The normalized spacial score (nSPS) is 21.7. The monoisotopic (exact) mass is 368 g/mol. The lowest BCUT2D eigenvalue weighted by Crippen LogP contribution is -2.40. The van der Waals surface area contributed by atoms with Crippen molar-refractivity contribution in [3.05, 3.63) is 46.5 Å². The summed E-state index contributed by atoms with van der Waals surface area (Å²) in [5, 5.41) is 0. The van der Waals surface area contributed by atoms with Crippen LogP contribution >= 0.6 is 0 Å². The lowest BCUT2D eigenvalue weighted by atomic mass is 9.75. The number of fused-ring (bicyclic) bond motifs is 4. The Kier molecular flexibility index (Phi) is 3.19. The molecule has 0 amide bonds. The Morgan fingerprint density at radius 2 is 1.81 bits per heavy atom. The van der Waals surface area contributed by atoms with E-state index < -0.39 is 11.6 Å². The lowest BCUT2D eigenvalue weighted by Gasteiger charge is -2.32. The first-order valence-corrected chi connectivity index (χ1v) is 8.55. The molecule has 138 valence electrons. The molecule has 0 fully saturated rings. The van der Waals surface area contributed by atoms with Crippen molar-refractivity contribution < 1.29 is 33.3 Å². The minimum atomic E-state index is -1.35. The molecule has 27 heavy (non-hydrogen) atoms. The molecule has 0 N–H and O–H groups in total. The van der Waals surface area contributed by atoms with Crippen LogP contribution < -0.4 is 18.9 Å². The summed E-state index contributed by atoms with van der Waals surface area (Å²) in [4.78, 5) is 26.1. The van der Waals surface area contributed by atoms with Gasteiger partial charge in [0.05, 0.1) is 14.2 Å². The van der Waals surface area contributed by atoms with E-state index in [2.05, 4.69) is 0 Å². The van der Waals surface area contributed by atoms with Crippen LogP contribution in [0.4, 0.5) is 0 Å². The maximum Gasteiger partial charge on any atom is 0.343 e. The van der Waals surface area contributed by atoms with Gasteiger partial charge >= 0.3 is 5.97 Å². The molecule has 7 heteroatoms. The minimum Gasteiger partial charge on any atom is -0.493 e. The van der Waals surface area contributed by atoms with Crippen LogP contribution in [0.25, 0.3) is 0 Å². The van der Waals surface area contributed by atoms with E-state index in [1.54, 1.807) is 18.2 Å². The summed E-state index contributed by atoms with van der Waals surface area (Å²) >= 11 is 0. The fourth-order valence-corrected chi connectivity index (χ4v) is 4.13. The second-order valence-corrected chi connectivity index (χ2v) is 6.63. The smallest absolute Gasteiger partial charge is 0.343 e. The van der Waals surface area contributed by atoms with Gasteiger partial charge in [-0.25, -0.2) is 4.79 Å². The van der Waals surface area contributed by atoms with Gasteiger partial charge in [0.2, 0.25) is 18.2 Å². The minimum absolute atomic E-state index is 0.131. The maximum absolute atomic E-state index is 13.5. The Bertz CT molecular complexity index is 1010. The standard InChI is InChI=1S/C20H16O7/c1-23-13-4-3-12-16(17(13)24-2)19(22)27-20(12)6-5-10-7-14-15(26-9-25-14)8-11(10)18(20)21/h3-4,7-8H,5-6,9H2,1-2H3/t20-/m1/s1. The van der Waals surface area contributed by atoms with Gasteiger partial charge in [-0.15, -0.1) is 0 Å². The average Bonchev–Trinajstić information content (AvgIpc) is 3.25. The van der Waals surface area contributed by atoms with Crippen LogP contribution in [-0.4, -0.2) is 32.8 Å². The first-order valence-electron chi connectivity index (χ1n) is 8.55. The number of carbonyl (C=O) groups excluding carboxylic acids is 2. The summed E-state index contributed by atoms with van der Waals surface area (Å²) < 4.78 is 27.1. The van der Waals surface area contributed by atoms with Crippen molar-refractivity contribution in [2.24, 2.45) is 0 Å². The zero-order valence-corrected chi connectivity index (χ0v) is 14.8. The van der Waals surface area contributed by atoms with Crippen LogP contribution in [0.3, 0.4) is 0 Å². The molecule has 0 saturated heterocycles. The number of hydrogen-bond donors (Lipinski definition) is 0. The molecule has 1 aliphatic carbocycles. The average molecular weight is 368 g/mol. The van der Waals surface area contributed by atoms with E-state index in [1.807, 2.05) is 6.07 Å². The molecular weight excluding hydrogens is 352 g/mol. The number of ether oxygens (including phenoxy) is 5. The Labute approximate surface area is 154 Å². The van der Waals surface area contributed by atoms with Gasteiger partial charge in [0.25, 0.3) is 0 Å². The number of ketones is 1. The molecule has 7 nitrogen and oxygen atoms in total. The number of hydrogen-bond acceptors (Lipinski definition) is 7. The van der Waals surface area contributed by atoms with E-state index in [-0.39, 0.29) is 23.9 Å². The fraction of sp³-hybridized carbons (Fsp3) is 0.300. The number of carbonyl (C=O) groups is 2. The summed E-state index contributed by atoms with van der Waals surface area (Å²) in [7, 11) is 2.94. The number of aryl methyl sites for hydroxylation is 1. The van der Waals surface area contributed by atoms with E-state index in [4.69, 9.17) is 23.7 Å². The zero-order chi connectivity index (χ0) is 18.8. The number of Topliss-reactive ketones (excluding diaryl/α,β-unsaturated/α-hetero) is 1. The molecule has 1 atom stereocenters. The van der Waals surface area contributed by atoms with Gasteiger partial charge in [0.15, 0.2) is 23.0 Å². The Morgan fingerprint density at radius 1 is 1.04 bits per heavy atom. The molecule has 0 saturated carbocycles. The highest BCUT2D eigenvalue weighted by Gasteiger charge is 2.55. The van der Waals surface area contributed by atoms with Crippen molar-refractivity contribution in [2.45, 2.75) is 18.4 Å². The van der Waals surface area contributed by atoms with Gasteiger partial charge in [-0.2, -0.15) is 0 Å². The molecule has 5 rings (SSSR count). The van der Waals surface area contributed by atoms with Crippen molar-refractivity contribution in [2.75, 3.05) is 21.0 Å². The molecule has 2 heterocycles. The number of benzene rings is 2. The second-order valence-electron chi connectivity index (χ2n) is 6.63. The number of esters is 1. The summed E-state index contributed by atoms with van der Waals surface area (Å²) in [6, 6.07) is 6.89. The highest BCUT2D eigenvalue weighted by Crippen LogP contribution is 2.51. The third-order valence-corrected chi connectivity index (χ3v) is 5.41. The molecule has 0 unspecified atom stereocenters. The second kappa shape index (κ2) is 5.39. The largest absolute Gasteiger partial charge is 0.493 e. The Hall–Kier alpha value is -3.22. The molecule has 0 radical (unpaired) electrons. The van der Waals surface area contributed by atoms with Crippen LogP contribution in [0.2, 0.25) is 0 Å². The van der Waals surface area contributed by atoms with Crippen molar-refractivity contribution in [1.82, 2.24) is 0 Å². The molecule has 0 aromatic heterocycles. The highest BCUT2D eigenvalue weighted by atomic mass is 16.7. The Balaban J connectivity index is 1.68. The molecule has 1 spiro atoms. The SMILES string of the molecule is COc1ccc2c(c1OC)C(=O)O[C@]21CCc2cc3c(cc2C1=O)OCO3. The van der Waals surface area contributed by atoms with Gasteiger partial charge < -0.3 is 23.7 Å². The third-order valence-electron chi connectivity index (χ3n) is 5.41. The van der Waals surface area contributed by atoms with Crippen LogP contribution in [0.15, 0.2) is 24.3 Å². The van der Waals surface area contributed by atoms with Gasteiger partial charge in [-0.05, 0) is 36.2 Å². The molecule has 2 aliphatic heterocycles. The topological polar surface area (TPSA) is 80.3 Å². The summed E-state index contributed by atoms with van der Waals surface area (Å²) in [5.41, 5.74) is 0.751. The first-order chi connectivity index (χ1) is 13.1. The van der Waals surface area contributed by atoms with Crippen molar-refractivity contribution >= 4 is 11.8 Å². The highest BCUT2D eigenvalue weighted by molar-refractivity contribution is 6.12. The number of rotatable bonds is 2. The van der Waals surface area contributed by atoms with Gasteiger partial charge in [0.1, 0.15) is 5.56 Å². The van der Waals surface area contributed by atoms with E-state index >= 15 is 0 Å². The summed E-state index contributed by atoms with van der Waals surface area (Å²) in [5.74, 6) is 1.00. The third kappa shape index (κ3) is 1.96. The van der Waals surface area contributed by atoms with Gasteiger partial charge in [0, 0.05) is 17.5 Å². The van der Waals surface area contributed by atoms with Gasteiger partial charge in [-0.1, -0.05) is 0 Å². The maximum atomic E-state index is 13.5. The molecule has 3 aliphatic rings. The molecular formula is C20H16O7. The molecule has 0 bridgehead atoms. The van der Waals surface area contributed by atoms with Crippen molar-refractivity contribution in [3.63, 3.8) is 0 Å². The summed E-state index contributed by atoms with van der Waals surface area (Å²) in [6.07, 6.45) is 0.922. The van der Waals surface area contributed by atoms with E-state index in [0.717, 1.165) is 5.56 Å². The summed E-state index contributed by atoms with van der Waals surface area (Å²) in [6.45, 7) is 0.131. The Morgan fingerprint density at radius 3 is 2.56 bits per heavy atom. The van der Waals surface area contributed by atoms with Crippen LogP contribution in [0.5, 0.6) is 23.0 Å². The fourth-order valence-electron chi connectivity index (χ4n) is 4.13. The van der Waals surface area contributed by atoms with Crippen molar-refractivity contribution in [3.8, 4) is 23.0 Å². The zero-order valence-electron chi connectivity index (χ0n) is 14.8. The lowest BCUT2D eigenvalue weighted by molar-refractivity contribution is -0.00638. The first kappa shape index (κ1) is 16.0. The predicted octanol–water partition coefficient (Wildman–Crippen LogP) is 2.63. The van der Waals surface area contributed by atoms with Crippen LogP contribution in [-0.2, 0) is 16.8 Å². The number of methoxy groups -OCH3 is 2. The van der Waals surface area contributed by atoms with E-state index in [0.29, 0.717) is 41.2 Å². The quantitative estimate of drug-likeness (QED) is 0.754. The van der Waals surface area contributed by atoms with Crippen LogP contribution in [0.1, 0.15) is 38.3 Å². The van der Waals surface area contributed by atoms with E-state index in [1.165, 1.54) is 14.2 Å². The van der Waals surface area contributed by atoms with Crippen molar-refractivity contribution in [1.29, 1.82) is 0 Å². The van der Waals surface area contributed by atoms with Crippen LogP contribution in [0, 0.1) is 0 Å². The molecule has 2 aromatic carbocycles. The predicted molar refractivity (Wildman–Crippen MR) is 91.9 cm³/mol. The van der Waals surface area contributed by atoms with Gasteiger partial charge in [-0.3, -0.25) is 4.79 Å². The van der Waals surface area contributed by atoms with E-state index in [9.17, 15) is 9.59 Å².